The molecule has 1 aliphatic heterocycles. The van der Waals surface area contributed by atoms with Crippen LogP contribution in [0.2, 0.25) is 0 Å². The Labute approximate surface area is 178 Å². The maximum absolute atomic E-state index is 10.5. The average molecular weight is 431 g/mol. The van der Waals surface area contributed by atoms with Crippen molar-refractivity contribution in [3.8, 4) is 5.75 Å². The van der Waals surface area contributed by atoms with Gasteiger partial charge in [-0.1, -0.05) is 30.3 Å². The molecule has 1 aromatic heterocycles. The van der Waals surface area contributed by atoms with E-state index in [1.807, 2.05) is 37.3 Å². The third-order valence-electron chi connectivity index (χ3n) is 5.45. The standard InChI is InChI=1S/C23H26O6S/c1-2-28-16-8-6-13(7-9-16)10-14-4-3-5-15-11-18(30-23(14)15)22-21(27)20(26)19(25)17(12-24)29-22/h3-9,11,17,19-22,24-27H,2,10,12H2,1H3/t17-,19-,20+,21-,22+/m1/s1. The van der Waals surface area contributed by atoms with Gasteiger partial charge in [0.25, 0.3) is 0 Å². The van der Waals surface area contributed by atoms with Gasteiger partial charge >= 0.3 is 0 Å². The summed E-state index contributed by atoms with van der Waals surface area (Å²) in [6.45, 7) is 2.16. The highest BCUT2D eigenvalue weighted by Gasteiger charge is 2.44. The molecule has 0 spiro atoms. The molecular formula is C23H26O6S. The molecule has 0 unspecified atom stereocenters. The minimum Gasteiger partial charge on any atom is -0.494 e. The molecule has 0 radical (unpaired) electrons. The van der Waals surface area contributed by atoms with E-state index in [0.29, 0.717) is 6.61 Å². The second kappa shape index (κ2) is 9.01. The Morgan fingerprint density at radius 2 is 1.77 bits per heavy atom. The summed E-state index contributed by atoms with van der Waals surface area (Å²) in [5.74, 6) is 0.848. The number of ether oxygens (including phenoxy) is 2. The van der Waals surface area contributed by atoms with E-state index in [0.717, 1.165) is 38.3 Å². The molecule has 7 heteroatoms. The largest absolute Gasteiger partial charge is 0.494 e. The van der Waals surface area contributed by atoms with Crippen LogP contribution in [0.5, 0.6) is 5.75 Å². The summed E-state index contributed by atoms with van der Waals surface area (Å²) in [6.07, 6.45) is -4.98. The van der Waals surface area contributed by atoms with Crippen molar-refractivity contribution < 1.29 is 29.9 Å². The summed E-state index contributed by atoms with van der Waals surface area (Å²) < 4.78 is 12.3. The van der Waals surface area contributed by atoms with E-state index in [4.69, 9.17) is 9.47 Å². The van der Waals surface area contributed by atoms with Crippen LogP contribution in [0.15, 0.2) is 48.5 Å². The van der Waals surface area contributed by atoms with Crippen molar-refractivity contribution in [1.29, 1.82) is 0 Å². The van der Waals surface area contributed by atoms with Crippen molar-refractivity contribution in [3.05, 3.63) is 64.5 Å². The van der Waals surface area contributed by atoms with Crippen molar-refractivity contribution in [3.63, 3.8) is 0 Å². The number of thiophene rings is 1. The van der Waals surface area contributed by atoms with E-state index in [1.54, 1.807) is 0 Å². The fourth-order valence-electron chi connectivity index (χ4n) is 3.85. The third kappa shape index (κ3) is 4.09. The SMILES string of the molecule is CCOc1ccc(Cc2cccc3cc([C@@H]4O[C@H](CO)[C@@H](O)[C@H](O)[C@H]4O)sc23)cc1. The van der Waals surface area contributed by atoms with E-state index < -0.39 is 37.1 Å². The molecule has 30 heavy (non-hydrogen) atoms. The number of fused-ring (bicyclic) bond motifs is 1. The molecular weight excluding hydrogens is 404 g/mol. The number of hydrogen-bond donors (Lipinski definition) is 4. The van der Waals surface area contributed by atoms with Crippen LogP contribution in [-0.4, -0.2) is 58.1 Å². The lowest BCUT2D eigenvalue weighted by Crippen LogP contribution is -2.55. The van der Waals surface area contributed by atoms with Crippen LogP contribution in [0.3, 0.4) is 0 Å². The maximum atomic E-state index is 10.5. The smallest absolute Gasteiger partial charge is 0.121 e. The van der Waals surface area contributed by atoms with Gasteiger partial charge in [-0.3, -0.25) is 0 Å². The van der Waals surface area contributed by atoms with Crippen LogP contribution in [0.25, 0.3) is 10.1 Å². The number of aliphatic hydroxyl groups excluding tert-OH is 4. The quantitative estimate of drug-likeness (QED) is 0.479. The van der Waals surface area contributed by atoms with Crippen molar-refractivity contribution in [2.75, 3.05) is 13.2 Å². The number of hydrogen-bond acceptors (Lipinski definition) is 7. The van der Waals surface area contributed by atoms with Gasteiger partial charge in [-0.2, -0.15) is 0 Å². The minimum atomic E-state index is -1.38. The molecule has 4 N–H and O–H groups in total. The van der Waals surface area contributed by atoms with Gasteiger partial charge in [0.05, 0.1) is 13.2 Å². The van der Waals surface area contributed by atoms with Crippen molar-refractivity contribution in [2.24, 2.45) is 0 Å². The molecule has 2 heterocycles. The van der Waals surface area contributed by atoms with Crippen molar-refractivity contribution >= 4 is 21.4 Å². The molecule has 0 bridgehead atoms. The predicted octanol–water partition coefficient (Wildman–Crippen LogP) is 2.41. The van der Waals surface area contributed by atoms with Crippen LogP contribution < -0.4 is 4.74 Å². The van der Waals surface area contributed by atoms with Crippen molar-refractivity contribution in [2.45, 2.75) is 43.9 Å². The first-order valence-corrected chi connectivity index (χ1v) is 10.9. The Morgan fingerprint density at radius 3 is 2.47 bits per heavy atom. The van der Waals surface area contributed by atoms with Crippen LogP contribution in [0.4, 0.5) is 0 Å². The highest BCUT2D eigenvalue weighted by Crippen LogP contribution is 2.39. The highest BCUT2D eigenvalue weighted by molar-refractivity contribution is 7.19. The Bertz CT molecular complexity index is 983. The van der Waals surface area contributed by atoms with Gasteiger partial charge in [0.2, 0.25) is 0 Å². The Hall–Kier alpha value is -2.00. The third-order valence-corrected chi connectivity index (χ3v) is 6.73. The molecule has 0 amide bonds. The summed E-state index contributed by atoms with van der Waals surface area (Å²) in [5.41, 5.74) is 2.31. The summed E-state index contributed by atoms with van der Waals surface area (Å²) in [5, 5.41) is 41.1. The first-order valence-electron chi connectivity index (χ1n) is 10.1. The van der Waals surface area contributed by atoms with Gasteiger partial charge in [0.1, 0.15) is 36.3 Å². The molecule has 1 saturated heterocycles. The van der Waals surface area contributed by atoms with E-state index in [-0.39, 0.29) is 0 Å². The first kappa shape index (κ1) is 21.2. The monoisotopic (exact) mass is 430 g/mol. The van der Waals surface area contributed by atoms with Crippen molar-refractivity contribution in [1.82, 2.24) is 0 Å². The van der Waals surface area contributed by atoms with Gasteiger partial charge in [-0.05, 0) is 48.1 Å². The zero-order valence-electron chi connectivity index (χ0n) is 16.6. The van der Waals surface area contributed by atoms with E-state index in [2.05, 4.69) is 18.2 Å². The second-order valence-corrected chi connectivity index (χ2v) is 8.57. The van der Waals surface area contributed by atoms with Gasteiger partial charge in [-0.15, -0.1) is 11.3 Å². The molecule has 0 saturated carbocycles. The zero-order valence-corrected chi connectivity index (χ0v) is 17.5. The molecule has 0 aliphatic carbocycles. The summed E-state index contributed by atoms with van der Waals surface area (Å²) in [7, 11) is 0. The summed E-state index contributed by atoms with van der Waals surface area (Å²) in [4.78, 5) is 0.751. The van der Waals surface area contributed by atoms with Gasteiger partial charge in [0.15, 0.2) is 0 Å². The van der Waals surface area contributed by atoms with Gasteiger partial charge in [-0.25, -0.2) is 0 Å². The van der Waals surface area contributed by atoms with Gasteiger partial charge < -0.3 is 29.9 Å². The predicted molar refractivity (Wildman–Crippen MR) is 115 cm³/mol. The fourth-order valence-corrected chi connectivity index (χ4v) is 5.10. The van der Waals surface area contributed by atoms with Gasteiger partial charge in [0, 0.05) is 9.58 Å². The van der Waals surface area contributed by atoms with E-state index in [9.17, 15) is 20.4 Å². The molecule has 160 valence electrons. The molecule has 5 atom stereocenters. The van der Waals surface area contributed by atoms with Crippen LogP contribution in [0, 0.1) is 0 Å². The first-order chi connectivity index (χ1) is 14.5. The van der Waals surface area contributed by atoms with Crippen LogP contribution >= 0.6 is 11.3 Å². The Morgan fingerprint density at radius 1 is 1.00 bits per heavy atom. The molecule has 1 fully saturated rings. The summed E-state index contributed by atoms with van der Waals surface area (Å²) in [6, 6.07) is 16.0. The number of aliphatic hydroxyl groups is 4. The fraction of sp³-hybridized carbons (Fsp3) is 0.391. The average Bonchev–Trinajstić information content (AvgIpc) is 3.19. The van der Waals surface area contributed by atoms with Crippen LogP contribution in [0.1, 0.15) is 29.0 Å². The Kier molecular flexibility index (Phi) is 6.38. The minimum absolute atomic E-state index is 0.435. The molecule has 6 nitrogen and oxygen atoms in total. The number of rotatable bonds is 6. The second-order valence-electron chi connectivity index (χ2n) is 7.49. The lowest BCUT2D eigenvalue weighted by atomic mass is 9.94. The molecule has 1 aliphatic rings. The topological polar surface area (TPSA) is 99.4 Å². The maximum Gasteiger partial charge on any atom is 0.121 e. The number of benzene rings is 2. The van der Waals surface area contributed by atoms with Crippen LogP contribution in [-0.2, 0) is 11.2 Å². The lowest BCUT2D eigenvalue weighted by Gasteiger charge is -2.39. The lowest BCUT2D eigenvalue weighted by molar-refractivity contribution is -0.230. The van der Waals surface area contributed by atoms with E-state index >= 15 is 0 Å². The van der Waals surface area contributed by atoms with E-state index in [1.165, 1.54) is 11.3 Å². The normalized spacial score (nSPS) is 26.8. The molecule has 2 aromatic carbocycles. The zero-order chi connectivity index (χ0) is 21.3. The molecule has 4 rings (SSSR count). The molecule has 3 aromatic rings. The highest BCUT2D eigenvalue weighted by atomic mass is 32.1. The Balaban J connectivity index is 1.62. The summed E-state index contributed by atoms with van der Waals surface area (Å²) >= 11 is 1.50.